The SMILES string of the molecule is CC(C)c1c(N)ncnc1OCc1ccc2c(c1)OCO2. The van der Waals surface area contributed by atoms with Crippen LogP contribution in [-0.2, 0) is 6.61 Å². The Labute approximate surface area is 122 Å². The van der Waals surface area contributed by atoms with Crippen molar-refractivity contribution in [3.63, 3.8) is 0 Å². The van der Waals surface area contributed by atoms with Gasteiger partial charge in [-0.3, -0.25) is 0 Å². The summed E-state index contributed by atoms with van der Waals surface area (Å²) in [6.45, 7) is 4.71. The normalized spacial score (nSPS) is 12.7. The number of nitrogens with zero attached hydrogens (tertiary/aromatic N) is 2. The Kier molecular flexibility index (Phi) is 3.51. The number of hydrogen-bond donors (Lipinski definition) is 1. The molecule has 0 fully saturated rings. The van der Waals surface area contributed by atoms with Gasteiger partial charge in [0.2, 0.25) is 12.7 Å². The van der Waals surface area contributed by atoms with Crippen molar-refractivity contribution in [2.75, 3.05) is 12.5 Å². The number of fused-ring (bicyclic) bond motifs is 1. The van der Waals surface area contributed by atoms with Gasteiger partial charge in [0.25, 0.3) is 0 Å². The third-order valence-electron chi connectivity index (χ3n) is 3.27. The van der Waals surface area contributed by atoms with E-state index in [0.29, 0.717) is 18.3 Å². The summed E-state index contributed by atoms with van der Waals surface area (Å²) < 4.78 is 16.4. The number of nitrogens with two attached hydrogens (primary N) is 1. The molecule has 0 amide bonds. The average Bonchev–Trinajstić information content (AvgIpc) is 2.92. The van der Waals surface area contributed by atoms with Crippen LogP contribution in [0.25, 0.3) is 0 Å². The molecule has 0 bridgehead atoms. The third kappa shape index (κ3) is 2.69. The fourth-order valence-electron chi connectivity index (χ4n) is 2.23. The molecule has 1 aliphatic heterocycles. The quantitative estimate of drug-likeness (QED) is 0.930. The standard InChI is InChI=1S/C15H17N3O3/c1-9(2)13-14(16)17-7-18-15(13)19-6-10-3-4-11-12(5-10)21-8-20-11/h3-5,7,9H,6,8H2,1-2H3,(H2,16,17,18). The Balaban J connectivity index is 1.78. The van der Waals surface area contributed by atoms with E-state index in [2.05, 4.69) is 9.97 Å². The zero-order valence-electron chi connectivity index (χ0n) is 12.0. The van der Waals surface area contributed by atoms with Crippen molar-refractivity contribution in [1.82, 2.24) is 9.97 Å². The maximum absolute atomic E-state index is 5.90. The molecule has 0 atom stereocenters. The molecule has 2 N–H and O–H groups in total. The fraction of sp³-hybridized carbons (Fsp3) is 0.333. The molecular weight excluding hydrogens is 270 g/mol. The second-order valence-electron chi connectivity index (χ2n) is 5.11. The minimum Gasteiger partial charge on any atom is -0.472 e. The van der Waals surface area contributed by atoms with E-state index >= 15 is 0 Å². The Hall–Kier alpha value is -2.50. The lowest BCUT2D eigenvalue weighted by molar-refractivity contribution is 0.174. The number of aromatic nitrogens is 2. The van der Waals surface area contributed by atoms with Crippen LogP contribution in [0, 0.1) is 0 Å². The van der Waals surface area contributed by atoms with Crippen molar-refractivity contribution >= 4 is 5.82 Å². The molecule has 6 nitrogen and oxygen atoms in total. The lowest BCUT2D eigenvalue weighted by Gasteiger charge is -2.14. The van der Waals surface area contributed by atoms with E-state index in [1.807, 2.05) is 32.0 Å². The van der Waals surface area contributed by atoms with Crippen molar-refractivity contribution in [3.8, 4) is 17.4 Å². The first-order valence-electron chi connectivity index (χ1n) is 6.77. The monoisotopic (exact) mass is 287 g/mol. The van der Waals surface area contributed by atoms with Gasteiger partial charge in [-0.15, -0.1) is 0 Å². The predicted octanol–water partition coefficient (Wildman–Crippen LogP) is 2.49. The third-order valence-corrected chi connectivity index (χ3v) is 3.27. The van der Waals surface area contributed by atoms with Crippen LogP contribution >= 0.6 is 0 Å². The molecule has 3 rings (SSSR count). The predicted molar refractivity (Wildman–Crippen MR) is 77.4 cm³/mol. The summed E-state index contributed by atoms with van der Waals surface area (Å²) in [5.74, 6) is 2.67. The van der Waals surface area contributed by atoms with Gasteiger partial charge in [0.15, 0.2) is 11.5 Å². The Morgan fingerprint density at radius 1 is 1.24 bits per heavy atom. The molecule has 2 heterocycles. The fourth-order valence-corrected chi connectivity index (χ4v) is 2.23. The molecule has 110 valence electrons. The summed E-state index contributed by atoms with van der Waals surface area (Å²) in [4.78, 5) is 8.19. The molecule has 21 heavy (non-hydrogen) atoms. The summed E-state index contributed by atoms with van der Waals surface area (Å²) in [5.41, 5.74) is 7.71. The number of rotatable bonds is 4. The largest absolute Gasteiger partial charge is 0.472 e. The van der Waals surface area contributed by atoms with E-state index in [0.717, 1.165) is 22.6 Å². The minimum atomic E-state index is 0.193. The van der Waals surface area contributed by atoms with Gasteiger partial charge < -0.3 is 19.9 Å². The van der Waals surface area contributed by atoms with E-state index in [9.17, 15) is 0 Å². The van der Waals surface area contributed by atoms with Crippen molar-refractivity contribution in [3.05, 3.63) is 35.7 Å². The van der Waals surface area contributed by atoms with Gasteiger partial charge in [-0.1, -0.05) is 19.9 Å². The number of anilines is 1. The number of nitrogen functional groups attached to an aromatic ring is 1. The van der Waals surface area contributed by atoms with E-state index in [1.165, 1.54) is 6.33 Å². The smallest absolute Gasteiger partial charge is 0.231 e. The summed E-state index contributed by atoms with van der Waals surface area (Å²) in [6.07, 6.45) is 1.41. The molecule has 1 aliphatic rings. The highest BCUT2D eigenvalue weighted by Gasteiger charge is 2.16. The number of ether oxygens (including phenoxy) is 3. The van der Waals surface area contributed by atoms with Crippen LogP contribution in [0.1, 0.15) is 30.9 Å². The van der Waals surface area contributed by atoms with Gasteiger partial charge in [0.05, 0.1) is 5.56 Å². The summed E-state index contributed by atoms with van der Waals surface area (Å²) in [6, 6.07) is 5.72. The van der Waals surface area contributed by atoms with E-state index in [4.69, 9.17) is 19.9 Å². The van der Waals surface area contributed by atoms with Crippen molar-refractivity contribution in [2.45, 2.75) is 26.4 Å². The Bertz CT molecular complexity index is 659. The highest BCUT2D eigenvalue weighted by atomic mass is 16.7. The molecule has 0 spiro atoms. The van der Waals surface area contributed by atoms with Gasteiger partial charge in [-0.2, -0.15) is 0 Å². The first kappa shape index (κ1) is 13.5. The summed E-state index contributed by atoms with van der Waals surface area (Å²) >= 11 is 0. The summed E-state index contributed by atoms with van der Waals surface area (Å²) in [7, 11) is 0. The molecular formula is C15H17N3O3. The molecule has 2 aromatic rings. The van der Waals surface area contributed by atoms with E-state index < -0.39 is 0 Å². The van der Waals surface area contributed by atoms with E-state index in [-0.39, 0.29) is 12.7 Å². The molecule has 0 radical (unpaired) electrons. The Morgan fingerprint density at radius 2 is 2.05 bits per heavy atom. The highest BCUT2D eigenvalue weighted by molar-refractivity contribution is 5.47. The topological polar surface area (TPSA) is 79.5 Å². The van der Waals surface area contributed by atoms with Crippen LogP contribution in [0.5, 0.6) is 17.4 Å². The zero-order chi connectivity index (χ0) is 14.8. The van der Waals surface area contributed by atoms with Crippen LogP contribution < -0.4 is 19.9 Å². The van der Waals surface area contributed by atoms with Crippen LogP contribution in [0.15, 0.2) is 24.5 Å². The van der Waals surface area contributed by atoms with Crippen LogP contribution in [0.3, 0.4) is 0 Å². The molecule has 0 saturated heterocycles. The average molecular weight is 287 g/mol. The van der Waals surface area contributed by atoms with Crippen LogP contribution in [-0.4, -0.2) is 16.8 Å². The first-order chi connectivity index (χ1) is 10.1. The van der Waals surface area contributed by atoms with Crippen molar-refractivity contribution in [1.29, 1.82) is 0 Å². The first-order valence-corrected chi connectivity index (χ1v) is 6.77. The second-order valence-corrected chi connectivity index (χ2v) is 5.11. The molecule has 1 aromatic carbocycles. The van der Waals surface area contributed by atoms with Crippen molar-refractivity contribution in [2.24, 2.45) is 0 Å². The lowest BCUT2D eigenvalue weighted by Crippen LogP contribution is -2.06. The highest BCUT2D eigenvalue weighted by Crippen LogP contribution is 2.33. The van der Waals surface area contributed by atoms with Crippen molar-refractivity contribution < 1.29 is 14.2 Å². The Morgan fingerprint density at radius 3 is 2.86 bits per heavy atom. The molecule has 6 heteroatoms. The maximum Gasteiger partial charge on any atom is 0.231 e. The number of hydrogen-bond acceptors (Lipinski definition) is 6. The summed E-state index contributed by atoms with van der Waals surface area (Å²) in [5, 5.41) is 0. The zero-order valence-corrected chi connectivity index (χ0v) is 12.0. The van der Waals surface area contributed by atoms with Gasteiger partial charge in [-0.25, -0.2) is 9.97 Å². The van der Waals surface area contributed by atoms with Gasteiger partial charge in [0, 0.05) is 0 Å². The van der Waals surface area contributed by atoms with Gasteiger partial charge in [0.1, 0.15) is 18.8 Å². The maximum atomic E-state index is 5.90. The minimum absolute atomic E-state index is 0.193. The lowest BCUT2D eigenvalue weighted by atomic mass is 10.1. The molecule has 0 saturated carbocycles. The van der Waals surface area contributed by atoms with Gasteiger partial charge >= 0.3 is 0 Å². The molecule has 1 aromatic heterocycles. The van der Waals surface area contributed by atoms with Crippen LogP contribution in [0.4, 0.5) is 5.82 Å². The second kappa shape index (κ2) is 5.47. The molecule has 0 unspecified atom stereocenters. The molecule has 0 aliphatic carbocycles. The van der Waals surface area contributed by atoms with E-state index in [1.54, 1.807) is 0 Å². The number of benzene rings is 1. The van der Waals surface area contributed by atoms with Crippen LogP contribution in [0.2, 0.25) is 0 Å². The van der Waals surface area contributed by atoms with Gasteiger partial charge in [-0.05, 0) is 23.6 Å².